The fraction of sp³-hybridized carbons (Fsp3) is 0.459. The molecular weight excluding hydrogens is 520 g/mol. The summed E-state index contributed by atoms with van der Waals surface area (Å²) in [7, 11) is 0. The van der Waals surface area contributed by atoms with Crippen molar-refractivity contribution in [1.29, 1.82) is 0 Å². The SMILES string of the molecule is C=CCCCCC(=C)/C(F)=C(/F)C(=C)C(=C)/C=C\C(=C)C(=C)/C(F)=C(/F)C(=C)C(C)CCC(C)C(C)CCC(C)C. The Labute approximate surface area is 248 Å². The van der Waals surface area contributed by atoms with E-state index in [9.17, 15) is 13.2 Å². The van der Waals surface area contributed by atoms with Gasteiger partial charge in [0, 0.05) is 11.1 Å². The number of halogens is 4. The van der Waals surface area contributed by atoms with Crippen LogP contribution in [0, 0.1) is 23.7 Å². The second kappa shape index (κ2) is 19.3. The molecule has 0 radical (unpaired) electrons. The third-order valence-corrected chi connectivity index (χ3v) is 7.73. The highest BCUT2D eigenvalue weighted by molar-refractivity contribution is 5.54. The van der Waals surface area contributed by atoms with Crippen molar-refractivity contribution >= 4 is 0 Å². The lowest BCUT2D eigenvalue weighted by Gasteiger charge is -2.23. The predicted molar refractivity (Wildman–Crippen MR) is 172 cm³/mol. The van der Waals surface area contributed by atoms with E-state index in [4.69, 9.17) is 0 Å². The van der Waals surface area contributed by atoms with E-state index in [1.165, 1.54) is 18.6 Å². The molecule has 0 amide bonds. The highest BCUT2D eigenvalue weighted by Crippen LogP contribution is 2.34. The van der Waals surface area contributed by atoms with Crippen molar-refractivity contribution in [3.8, 4) is 0 Å². The first-order chi connectivity index (χ1) is 19.1. The van der Waals surface area contributed by atoms with Crippen LogP contribution in [0.3, 0.4) is 0 Å². The number of unbranched alkanes of at least 4 members (excludes halogenated alkanes) is 2. The van der Waals surface area contributed by atoms with E-state index in [1.807, 2.05) is 6.92 Å². The van der Waals surface area contributed by atoms with Crippen LogP contribution < -0.4 is 0 Å². The molecule has 0 N–H and O–H groups in total. The van der Waals surface area contributed by atoms with Gasteiger partial charge in [0.2, 0.25) is 0 Å². The van der Waals surface area contributed by atoms with Gasteiger partial charge in [0.05, 0.1) is 0 Å². The molecule has 3 atom stereocenters. The van der Waals surface area contributed by atoms with Crippen molar-refractivity contribution in [2.45, 2.75) is 86.0 Å². The van der Waals surface area contributed by atoms with Crippen molar-refractivity contribution in [2.24, 2.45) is 23.7 Å². The normalized spacial score (nSPS) is 15.1. The Balaban J connectivity index is 5.23. The summed E-state index contributed by atoms with van der Waals surface area (Å²) in [5.41, 5.74) is -0.332. The number of hydrogen-bond donors (Lipinski definition) is 0. The minimum Gasteiger partial charge on any atom is -0.203 e. The van der Waals surface area contributed by atoms with E-state index in [2.05, 4.69) is 73.7 Å². The largest absolute Gasteiger partial charge is 0.203 e. The Bertz CT molecular complexity index is 1080. The van der Waals surface area contributed by atoms with Crippen molar-refractivity contribution in [1.82, 2.24) is 0 Å². The van der Waals surface area contributed by atoms with Gasteiger partial charge in [-0.05, 0) is 84.5 Å². The van der Waals surface area contributed by atoms with Gasteiger partial charge in [-0.2, -0.15) is 0 Å². The van der Waals surface area contributed by atoms with E-state index < -0.39 is 23.3 Å². The van der Waals surface area contributed by atoms with E-state index in [0.29, 0.717) is 37.0 Å². The summed E-state index contributed by atoms with van der Waals surface area (Å²) in [5.74, 6) is -3.00. The van der Waals surface area contributed by atoms with Crippen LogP contribution in [0.5, 0.6) is 0 Å². The molecule has 0 spiro atoms. The molecule has 0 bridgehead atoms. The molecule has 4 heteroatoms. The Kier molecular flexibility index (Phi) is 17.9. The number of allylic oxidation sites excluding steroid dienone is 13. The van der Waals surface area contributed by atoms with Crippen LogP contribution in [-0.2, 0) is 0 Å². The van der Waals surface area contributed by atoms with E-state index >= 15 is 4.39 Å². The average molecular weight is 573 g/mol. The van der Waals surface area contributed by atoms with Gasteiger partial charge in [0.15, 0.2) is 23.3 Å². The van der Waals surface area contributed by atoms with Crippen LogP contribution in [0.2, 0.25) is 0 Å². The zero-order valence-electron chi connectivity index (χ0n) is 26.2. The molecule has 3 unspecified atom stereocenters. The molecule has 0 saturated heterocycles. The van der Waals surface area contributed by atoms with Crippen molar-refractivity contribution in [3.05, 3.63) is 121 Å². The lowest BCUT2D eigenvalue weighted by atomic mass is 9.83. The first kappa shape index (κ1) is 38.1. The zero-order chi connectivity index (χ0) is 31.9. The average Bonchev–Trinajstić information content (AvgIpc) is 2.95. The van der Waals surface area contributed by atoms with Crippen molar-refractivity contribution < 1.29 is 17.6 Å². The molecule has 228 valence electrons. The minimum absolute atomic E-state index is 0.0366. The molecule has 0 aliphatic carbocycles. The molecule has 0 aromatic carbocycles. The summed E-state index contributed by atoms with van der Waals surface area (Å²) >= 11 is 0. The Morgan fingerprint density at radius 3 is 1.54 bits per heavy atom. The van der Waals surface area contributed by atoms with E-state index in [0.717, 1.165) is 25.7 Å². The van der Waals surface area contributed by atoms with Gasteiger partial charge in [-0.3, -0.25) is 0 Å². The summed E-state index contributed by atoms with van der Waals surface area (Å²) in [6.45, 7) is 36.4. The fourth-order valence-electron chi connectivity index (χ4n) is 4.05. The summed E-state index contributed by atoms with van der Waals surface area (Å²) in [4.78, 5) is 0. The monoisotopic (exact) mass is 572 g/mol. The molecule has 0 rings (SSSR count). The third kappa shape index (κ3) is 13.6. The molecule has 0 aromatic heterocycles. The van der Waals surface area contributed by atoms with Crippen molar-refractivity contribution in [2.75, 3.05) is 0 Å². The summed E-state index contributed by atoms with van der Waals surface area (Å²) in [6.07, 6.45) is 10.8. The maximum absolute atomic E-state index is 15.0. The van der Waals surface area contributed by atoms with Crippen LogP contribution in [0.4, 0.5) is 17.6 Å². The Morgan fingerprint density at radius 2 is 1.07 bits per heavy atom. The standard InChI is InChI=1S/C37H52F4/c1-13-14-15-16-17-30(9)34(38)35(39)31(10)28(7)22-23-29(8)33(12)37(41)36(40)32(11)27(6)21-20-26(5)25(4)19-18-24(2)3/h13,22-27H,1,7-12,14-21H2,2-6H3/b23-22-,35-34-,37-36-. The molecule has 0 nitrogen and oxygen atoms in total. The molecular formula is C37H52F4. The van der Waals surface area contributed by atoms with Gasteiger partial charge in [0.25, 0.3) is 0 Å². The topological polar surface area (TPSA) is 0 Å². The summed E-state index contributed by atoms with van der Waals surface area (Å²) in [5, 5.41) is 0. The first-order valence-corrected chi connectivity index (χ1v) is 14.6. The smallest absolute Gasteiger partial charge is 0.166 e. The molecule has 0 aromatic rings. The number of hydrogen-bond acceptors (Lipinski definition) is 0. The Hall–Kier alpha value is -2.88. The highest BCUT2D eigenvalue weighted by Gasteiger charge is 2.21. The minimum atomic E-state index is -1.16. The number of rotatable bonds is 21. The second-order valence-electron chi connectivity index (χ2n) is 11.7. The van der Waals surface area contributed by atoms with Crippen molar-refractivity contribution in [3.63, 3.8) is 0 Å². The first-order valence-electron chi connectivity index (χ1n) is 14.6. The lowest BCUT2D eigenvalue weighted by Crippen LogP contribution is -2.11. The van der Waals surface area contributed by atoms with E-state index in [1.54, 1.807) is 6.08 Å². The van der Waals surface area contributed by atoms with Crippen LogP contribution in [0.15, 0.2) is 121 Å². The fourth-order valence-corrected chi connectivity index (χ4v) is 4.05. The quantitative estimate of drug-likeness (QED) is 0.0555. The summed E-state index contributed by atoms with van der Waals surface area (Å²) in [6, 6.07) is 0. The second-order valence-corrected chi connectivity index (χ2v) is 11.7. The van der Waals surface area contributed by atoms with Crippen LogP contribution >= 0.6 is 0 Å². The molecule has 0 aliphatic rings. The third-order valence-electron chi connectivity index (χ3n) is 7.73. The van der Waals surface area contributed by atoms with Crippen LogP contribution in [0.1, 0.15) is 86.0 Å². The van der Waals surface area contributed by atoms with Gasteiger partial charge < -0.3 is 0 Å². The zero-order valence-corrected chi connectivity index (χ0v) is 26.2. The Morgan fingerprint density at radius 1 is 0.610 bits per heavy atom. The van der Waals surface area contributed by atoms with Gasteiger partial charge in [-0.25, -0.2) is 17.6 Å². The van der Waals surface area contributed by atoms with Crippen LogP contribution in [-0.4, -0.2) is 0 Å². The van der Waals surface area contributed by atoms with Gasteiger partial charge in [0.1, 0.15) is 0 Å². The van der Waals surface area contributed by atoms with Gasteiger partial charge in [-0.1, -0.05) is 105 Å². The van der Waals surface area contributed by atoms with Gasteiger partial charge >= 0.3 is 0 Å². The molecule has 0 fully saturated rings. The molecule has 0 saturated carbocycles. The predicted octanol–water partition coefficient (Wildman–Crippen LogP) is 13.1. The lowest BCUT2D eigenvalue weighted by molar-refractivity contribution is 0.305. The molecule has 41 heavy (non-hydrogen) atoms. The maximum Gasteiger partial charge on any atom is 0.166 e. The van der Waals surface area contributed by atoms with Crippen LogP contribution in [0.25, 0.3) is 0 Å². The summed E-state index contributed by atoms with van der Waals surface area (Å²) < 4.78 is 59.1. The molecule has 0 aliphatic heterocycles. The molecule has 0 heterocycles. The maximum atomic E-state index is 15.0. The highest BCUT2D eigenvalue weighted by atomic mass is 19.2. The van der Waals surface area contributed by atoms with Gasteiger partial charge in [-0.15, -0.1) is 6.58 Å². The van der Waals surface area contributed by atoms with E-state index in [-0.39, 0.29) is 39.4 Å².